The van der Waals surface area contributed by atoms with E-state index in [0.29, 0.717) is 5.02 Å². The predicted octanol–water partition coefficient (Wildman–Crippen LogP) is 2.16. The second-order valence-corrected chi connectivity index (χ2v) is 6.62. The van der Waals surface area contributed by atoms with Gasteiger partial charge in [-0.25, -0.2) is 0 Å². The molecule has 0 N–H and O–H groups in total. The lowest BCUT2D eigenvalue weighted by Gasteiger charge is -2.33. The molecular formula is C15H20ClN5O. The van der Waals surface area contributed by atoms with Crippen LogP contribution in [0.25, 0.3) is 0 Å². The van der Waals surface area contributed by atoms with Crippen LogP contribution >= 0.6 is 11.6 Å². The Morgan fingerprint density at radius 3 is 2.91 bits per heavy atom. The van der Waals surface area contributed by atoms with Gasteiger partial charge in [-0.3, -0.25) is 14.2 Å². The summed E-state index contributed by atoms with van der Waals surface area (Å²) in [6.45, 7) is 5.27. The standard InChI is InChI=1S/C15H20ClN5O/c1-15(2,21-10-12(16)9-18-21)14(22)20-8-3-5-13(20)11-19-7-4-6-17-19/h4,6-7,9-10,13H,3,5,8,11H2,1-2H3/t13-/m0/s1. The molecule has 1 fully saturated rings. The Bertz CT molecular complexity index is 649. The van der Waals surface area contributed by atoms with E-state index in [-0.39, 0.29) is 11.9 Å². The van der Waals surface area contributed by atoms with Gasteiger partial charge in [-0.15, -0.1) is 0 Å². The minimum Gasteiger partial charge on any atom is -0.336 e. The highest BCUT2D eigenvalue weighted by molar-refractivity contribution is 6.30. The van der Waals surface area contributed by atoms with Crippen LogP contribution in [0.5, 0.6) is 0 Å². The van der Waals surface area contributed by atoms with Gasteiger partial charge in [-0.1, -0.05) is 11.6 Å². The number of nitrogens with zero attached hydrogens (tertiary/aromatic N) is 5. The molecule has 7 heteroatoms. The quantitative estimate of drug-likeness (QED) is 0.867. The van der Waals surface area contributed by atoms with Gasteiger partial charge < -0.3 is 4.90 Å². The highest BCUT2D eigenvalue weighted by atomic mass is 35.5. The topological polar surface area (TPSA) is 56.0 Å². The molecule has 0 aliphatic carbocycles. The van der Waals surface area contributed by atoms with Gasteiger partial charge in [-0.2, -0.15) is 10.2 Å². The predicted molar refractivity (Wildman–Crippen MR) is 83.5 cm³/mol. The van der Waals surface area contributed by atoms with Crippen molar-refractivity contribution in [1.82, 2.24) is 24.5 Å². The Hall–Kier alpha value is -1.82. The summed E-state index contributed by atoms with van der Waals surface area (Å²) < 4.78 is 3.52. The van der Waals surface area contributed by atoms with Crippen molar-refractivity contribution in [2.75, 3.05) is 6.54 Å². The molecule has 2 aromatic rings. The van der Waals surface area contributed by atoms with Gasteiger partial charge in [-0.05, 0) is 32.8 Å². The van der Waals surface area contributed by atoms with Crippen molar-refractivity contribution in [1.29, 1.82) is 0 Å². The summed E-state index contributed by atoms with van der Waals surface area (Å²) in [6.07, 6.45) is 8.96. The van der Waals surface area contributed by atoms with Crippen molar-refractivity contribution >= 4 is 17.5 Å². The van der Waals surface area contributed by atoms with Crippen molar-refractivity contribution < 1.29 is 4.79 Å². The molecule has 1 amide bonds. The fourth-order valence-corrected chi connectivity index (χ4v) is 3.11. The largest absolute Gasteiger partial charge is 0.336 e. The minimum absolute atomic E-state index is 0.0712. The average Bonchev–Trinajstić information content (AvgIpc) is 3.20. The van der Waals surface area contributed by atoms with Crippen LogP contribution in [0.3, 0.4) is 0 Å². The van der Waals surface area contributed by atoms with Crippen LogP contribution in [0.15, 0.2) is 30.9 Å². The normalized spacial score (nSPS) is 18.9. The van der Waals surface area contributed by atoms with Crippen LogP contribution in [0, 0.1) is 0 Å². The van der Waals surface area contributed by atoms with Crippen LogP contribution in [-0.2, 0) is 16.9 Å². The number of halogens is 1. The highest BCUT2D eigenvalue weighted by Crippen LogP contribution is 2.26. The zero-order valence-corrected chi connectivity index (χ0v) is 13.6. The number of aromatic nitrogens is 4. The first-order valence-corrected chi connectivity index (χ1v) is 7.85. The number of hydrogen-bond acceptors (Lipinski definition) is 3. The minimum atomic E-state index is -0.750. The van der Waals surface area contributed by atoms with Crippen molar-refractivity contribution in [3.63, 3.8) is 0 Å². The highest BCUT2D eigenvalue weighted by Gasteiger charge is 2.39. The number of carbonyl (C=O) groups excluding carboxylic acids is 1. The SMILES string of the molecule is CC(C)(C(=O)N1CCC[C@H]1Cn1cccn1)n1cc(Cl)cn1. The molecule has 6 nitrogen and oxygen atoms in total. The molecule has 1 aliphatic rings. The summed E-state index contributed by atoms with van der Waals surface area (Å²) in [5.41, 5.74) is -0.750. The number of hydrogen-bond donors (Lipinski definition) is 0. The van der Waals surface area contributed by atoms with E-state index in [1.165, 1.54) is 0 Å². The van der Waals surface area contributed by atoms with Crippen molar-refractivity contribution in [2.45, 2.75) is 44.8 Å². The molecule has 0 spiro atoms. The molecule has 0 radical (unpaired) electrons. The molecule has 3 heterocycles. The number of carbonyl (C=O) groups is 1. The Morgan fingerprint density at radius 2 is 2.27 bits per heavy atom. The molecule has 0 aromatic carbocycles. The zero-order valence-electron chi connectivity index (χ0n) is 12.8. The summed E-state index contributed by atoms with van der Waals surface area (Å²) in [5.74, 6) is 0.0712. The first-order chi connectivity index (χ1) is 10.5. The molecule has 1 atom stereocenters. The average molecular weight is 322 g/mol. The van der Waals surface area contributed by atoms with Crippen LogP contribution in [0.1, 0.15) is 26.7 Å². The molecule has 118 valence electrons. The van der Waals surface area contributed by atoms with Crippen molar-refractivity contribution in [2.24, 2.45) is 0 Å². The Balaban J connectivity index is 1.78. The van der Waals surface area contributed by atoms with Crippen molar-refractivity contribution in [3.8, 4) is 0 Å². The lowest BCUT2D eigenvalue weighted by atomic mass is 10.0. The Labute approximate surface area is 134 Å². The van der Waals surface area contributed by atoms with E-state index in [0.717, 1.165) is 25.9 Å². The molecule has 1 saturated heterocycles. The Morgan fingerprint density at radius 1 is 1.45 bits per heavy atom. The lowest BCUT2D eigenvalue weighted by molar-refractivity contribution is -0.140. The summed E-state index contributed by atoms with van der Waals surface area (Å²) in [6, 6.07) is 2.08. The van der Waals surface area contributed by atoms with Crippen LogP contribution in [-0.4, -0.2) is 43.0 Å². The van der Waals surface area contributed by atoms with E-state index in [2.05, 4.69) is 10.2 Å². The maximum atomic E-state index is 13.0. The third kappa shape index (κ3) is 2.75. The van der Waals surface area contributed by atoms with E-state index in [1.54, 1.807) is 23.3 Å². The van der Waals surface area contributed by atoms with Gasteiger partial charge in [0.25, 0.3) is 0 Å². The molecular weight excluding hydrogens is 302 g/mol. The maximum Gasteiger partial charge on any atom is 0.250 e. The molecule has 0 unspecified atom stereocenters. The van der Waals surface area contributed by atoms with Gasteiger partial charge in [0.1, 0.15) is 5.54 Å². The summed E-state index contributed by atoms with van der Waals surface area (Å²) in [7, 11) is 0. The van der Waals surface area contributed by atoms with Crippen LogP contribution in [0.4, 0.5) is 0 Å². The third-order valence-electron chi connectivity index (χ3n) is 4.24. The van der Waals surface area contributed by atoms with Crippen molar-refractivity contribution in [3.05, 3.63) is 35.9 Å². The molecule has 0 saturated carbocycles. The fraction of sp³-hybridized carbons (Fsp3) is 0.533. The van der Waals surface area contributed by atoms with E-state index in [4.69, 9.17) is 11.6 Å². The zero-order chi connectivity index (χ0) is 15.7. The van der Waals surface area contributed by atoms with Gasteiger partial charge in [0.05, 0.1) is 23.8 Å². The van der Waals surface area contributed by atoms with E-state index >= 15 is 0 Å². The van der Waals surface area contributed by atoms with Crippen LogP contribution in [0.2, 0.25) is 5.02 Å². The molecule has 22 heavy (non-hydrogen) atoms. The van der Waals surface area contributed by atoms with Gasteiger partial charge in [0, 0.05) is 25.1 Å². The lowest BCUT2D eigenvalue weighted by Crippen LogP contribution is -2.50. The first-order valence-electron chi connectivity index (χ1n) is 7.47. The summed E-state index contributed by atoms with van der Waals surface area (Å²) in [5, 5.41) is 8.98. The smallest absolute Gasteiger partial charge is 0.250 e. The molecule has 1 aliphatic heterocycles. The third-order valence-corrected chi connectivity index (χ3v) is 4.44. The number of amides is 1. The fourth-order valence-electron chi connectivity index (χ4n) is 2.97. The van der Waals surface area contributed by atoms with E-state index in [9.17, 15) is 4.79 Å². The number of likely N-dealkylation sites (tertiary alicyclic amines) is 1. The van der Waals surface area contributed by atoms with Gasteiger partial charge >= 0.3 is 0 Å². The van der Waals surface area contributed by atoms with Gasteiger partial charge in [0.15, 0.2) is 0 Å². The van der Waals surface area contributed by atoms with Crippen LogP contribution < -0.4 is 0 Å². The monoisotopic (exact) mass is 321 g/mol. The first kappa shape index (κ1) is 15.1. The van der Waals surface area contributed by atoms with E-state index < -0.39 is 5.54 Å². The molecule has 3 rings (SSSR count). The second kappa shape index (κ2) is 5.76. The number of rotatable bonds is 4. The van der Waals surface area contributed by atoms with Gasteiger partial charge in [0.2, 0.25) is 5.91 Å². The maximum absolute atomic E-state index is 13.0. The second-order valence-electron chi connectivity index (χ2n) is 6.18. The van der Waals surface area contributed by atoms with E-state index in [1.807, 2.05) is 35.7 Å². The Kier molecular flexibility index (Phi) is 3.95. The summed E-state index contributed by atoms with van der Waals surface area (Å²) in [4.78, 5) is 15.0. The molecule has 0 bridgehead atoms. The summed E-state index contributed by atoms with van der Waals surface area (Å²) >= 11 is 5.93. The molecule has 2 aromatic heterocycles.